The zero-order valence-electron chi connectivity index (χ0n) is 14.4. The molecule has 0 aliphatic carbocycles. The maximum absolute atomic E-state index is 13.0. The number of amides is 2. The second kappa shape index (κ2) is 6.92. The van der Waals surface area contributed by atoms with E-state index in [1.807, 2.05) is 16.3 Å². The van der Waals surface area contributed by atoms with Gasteiger partial charge in [-0.3, -0.25) is 9.59 Å². The molecule has 1 atom stereocenters. The normalized spacial score (nSPS) is 20.2. The van der Waals surface area contributed by atoms with Gasteiger partial charge in [0, 0.05) is 22.8 Å². The van der Waals surface area contributed by atoms with E-state index >= 15 is 0 Å². The molecule has 1 unspecified atom stereocenters. The monoisotopic (exact) mass is 374 g/mol. The SMILES string of the molecule is CCC1c2ccsc2CCN1C(=O)CN1CCCc2sccc2C1=O. The summed E-state index contributed by atoms with van der Waals surface area (Å²) >= 11 is 3.44. The standard InChI is InChI=1S/C19H22N2O2S2/c1-2-15-13-6-10-25-17(13)5-9-21(15)18(22)12-20-8-3-4-16-14(19(20)23)7-11-24-16/h6-7,10-11,15H,2-5,8-9,12H2,1H3. The number of hydrogen-bond donors (Lipinski definition) is 0. The van der Waals surface area contributed by atoms with Crippen molar-refractivity contribution in [1.29, 1.82) is 0 Å². The molecule has 0 saturated carbocycles. The summed E-state index contributed by atoms with van der Waals surface area (Å²) in [5.41, 5.74) is 2.09. The number of fused-ring (bicyclic) bond motifs is 2. The van der Waals surface area contributed by atoms with Crippen molar-refractivity contribution in [3.05, 3.63) is 43.8 Å². The van der Waals surface area contributed by atoms with E-state index in [-0.39, 0.29) is 24.4 Å². The highest BCUT2D eigenvalue weighted by atomic mass is 32.1. The van der Waals surface area contributed by atoms with Gasteiger partial charge < -0.3 is 9.80 Å². The quantitative estimate of drug-likeness (QED) is 0.821. The summed E-state index contributed by atoms with van der Waals surface area (Å²) in [6, 6.07) is 4.21. The lowest BCUT2D eigenvalue weighted by Gasteiger charge is -2.36. The molecule has 2 aliphatic rings. The minimum Gasteiger partial charge on any atom is -0.334 e. The number of carbonyl (C=O) groups excluding carboxylic acids is 2. The molecule has 25 heavy (non-hydrogen) atoms. The van der Waals surface area contributed by atoms with Crippen LogP contribution in [0.2, 0.25) is 0 Å². The van der Waals surface area contributed by atoms with E-state index in [1.165, 1.54) is 10.4 Å². The summed E-state index contributed by atoms with van der Waals surface area (Å²) in [5.74, 6) is 0.0964. The van der Waals surface area contributed by atoms with E-state index in [2.05, 4.69) is 18.4 Å². The average molecular weight is 375 g/mol. The Balaban J connectivity index is 1.51. The van der Waals surface area contributed by atoms with E-state index < -0.39 is 0 Å². The predicted molar refractivity (Wildman–Crippen MR) is 101 cm³/mol. The van der Waals surface area contributed by atoms with Crippen molar-refractivity contribution < 1.29 is 9.59 Å². The molecule has 4 nitrogen and oxygen atoms in total. The van der Waals surface area contributed by atoms with Crippen LogP contribution in [0.1, 0.15) is 51.5 Å². The van der Waals surface area contributed by atoms with Gasteiger partial charge in [-0.25, -0.2) is 0 Å². The molecule has 4 rings (SSSR count). The van der Waals surface area contributed by atoms with Crippen molar-refractivity contribution in [1.82, 2.24) is 9.80 Å². The third kappa shape index (κ3) is 3.02. The molecule has 2 aliphatic heterocycles. The van der Waals surface area contributed by atoms with Crippen LogP contribution in [0, 0.1) is 0 Å². The van der Waals surface area contributed by atoms with Crippen LogP contribution in [-0.4, -0.2) is 41.2 Å². The van der Waals surface area contributed by atoms with Crippen LogP contribution in [0.25, 0.3) is 0 Å². The first-order valence-electron chi connectivity index (χ1n) is 8.90. The molecule has 2 aromatic heterocycles. The summed E-state index contributed by atoms with van der Waals surface area (Å²) < 4.78 is 0. The number of thiophene rings is 2. The molecule has 2 amide bonds. The Morgan fingerprint density at radius 3 is 2.80 bits per heavy atom. The van der Waals surface area contributed by atoms with Gasteiger partial charge in [-0.1, -0.05) is 6.92 Å². The van der Waals surface area contributed by atoms with Crippen LogP contribution >= 0.6 is 22.7 Å². The van der Waals surface area contributed by atoms with Crippen molar-refractivity contribution in [2.24, 2.45) is 0 Å². The van der Waals surface area contributed by atoms with Crippen molar-refractivity contribution in [2.75, 3.05) is 19.6 Å². The largest absolute Gasteiger partial charge is 0.334 e. The van der Waals surface area contributed by atoms with Crippen molar-refractivity contribution in [2.45, 2.75) is 38.6 Å². The Kier molecular flexibility index (Phi) is 4.65. The number of nitrogens with zero attached hydrogens (tertiary/aromatic N) is 2. The van der Waals surface area contributed by atoms with E-state index in [1.54, 1.807) is 27.6 Å². The summed E-state index contributed by atoms with van der Waals surface area (Å²) in [6.07, 6.45) is 3.71. The molecule has 0 bridgehead atoms. The maximum Gasteiger partial charge on any atom is 0.255 e. The van der Waals surface area contributed by atoms with Crippen LogP contribution < -0.4 is 0 Å². The fourth-order valence-electron chi connectivity index (χ4n) is 3.97. The van der Waals surface area contributed by atoms with Crippen LogP contribution in [0.5, 0.6) is 0 Å². The topological polar surface area (TPSA) is 40.6 Å². The maximum atomic E-state index is 13.0. The Morgan fingerprint density at radius 1 is 1.16 bits per heavy atom. The second-order valence-corrected chi connectivity index (χ2v) is 8.65. The lowest BCUT2D eigenvalue weighted by Crippen LogP contribution is -2.46. The van der Waals surface area contributed by atoms with Gasteiger partial charge in [0.1, 0.15) is 6.54 Å². The van der Waals surface area contributed by atoms with Crippen molar-refractivity contribution in [3.63, 3.8) is 0 Å². The first-order chi connectivity index (χ1) is 12.2. The Hall–Kier alpha value is -1.66. The molecule has 0 radical (unpaired) electrons. The van der Waals surface area contributed by atoms with Gasteiger partial charge in [-0.15, -0.1) is 22.7 Å². The fourth-order valence-corrected chi connectivity index (χ4v) is 5.81. The number of aryl methyl sites for hydroxylation is 1. The van der Waals surface area contributed by atoms with Crippen LogP contribution in [0.15, 0.2) is 22.9 Å². The molecule has 6 heteroatoms. The average Bonchev–Trinajstić information content (AvgIpc) is 3.25. The lowest BCUT2D eigenvalue weighted by atomic mass is 9.97. The highest BCUT2D eigenvalue weighted by Gasteiger charge is 2.32. The molecule has 4 heterocycles. The van der Waals surface area contributed by atoms with Gasteiger partial charge in [0.15, 0.2) is 0 Å². The summed E-state index contributed by atoms with van der Waals surface area (Å²) in [5, 5.41) is 4.10. The molecular formula is C19H22N2O2S2. The highest BCUT2D eigenvalue weighted by molar-refractivity contribution is 7.10. The van der Waals surface area contributed by atoms with Gasteiger partial charge in [0.2, 0.25) is 5.91 Å². The fraction of sp³-hybridized carbons (Fsp3) is 0.474. The van der Waals surface area contributed by atoms with Gasteiger partial charge in [0.25, 0.3) is 5.91 Å². The molecule has 0 saturated heterocycles. The molecule has 0 aromatic carbocycles. The van der Waals surface area contributed by atoms with E-state index in [4.69, 9.17) is 0 Å². The molecule has 0 spiro atoms. The zero-order valence-corrected chi connectivity index (χ0v) is 16.0. The summed E-state index contributed by atoms with van der Waals surface area (Å²) in [4.78, 5) is 32.1. The molecule has 2 aromatic rings. The summed E-state index contributed by atoms with van der Waals surface area (Å²) in [7, 11) is 0. The van der Waals surface area contributed by atoms with Gasteiger partial charge in [0.05, 0.1) is 11.6 Å². The number of rotatable bonds is 3. The molecule has 132 valence electrons. The Morgan fingerprint density at radius 2 is 1.96 bits per heavy atom. The number of carbonyl (C=O) groups is 2. The van der Waals surface area contributed by atoms with Crippen molar-refractivity contribution >= 4 is 34.5 Å². The van der Waals surface area contributed by atoms with E-state index in [9.17, 15) is 9.59 Å². The first-order valence-corrected chi connectivity index (χ1v) is 10.7. The molecule has 0 fully saturated rings. The molecule has 0 N–H and O–H groups in total. The highest BCUT2D eigenvalue weighted by Crippen LogP contribution is 2.35. The third-order valence-corrected chi connectivity index (χ3v) is 7.20. The number of hydrogen-bond acceptors (Lipinski definition) is 4. The third-order valence-electron chi connectivity index (χ3n) is 5.22. The lowest BCUT2D eigenvalue weighted by molar-refractivity contribution is -0.135. The predicted octanol–water partition coefficient (Wildman–Crippen LogP) is 3.73. The van der Waals surface area contributed by atoms with Gasteiger partial charge in [-0.2, -0.15) is 0 Å². The second-order valence-electron chi connectivity index (χ2n) is 6.65. The Labute approximate surface area is 156 Å². The minimum absolute atomic E-state index is 0.0170. The van der Waals surface area contributed by atoms with Gasteiger partial charge >= 0.3 is 0 Å². The van der Waals surface area contributed by atoms with Crippen LogP contribution in [0.3, 0.4) is 0 Å². The summed E-state index contributed by atoms with van der Waals surface area (Å²) in [6.45, 7) is 3.76. The van der Waals surface area contributed by atoms with Crippen molar-refractivity contribution in [3.8, 4) is 0 Å². The minimum atomic E-state index is 0.0170. The first kappa shape index (κ1) is 16.8. The van der Waals surface area contributed by atoms with Crippen LogP contribution in [0.4, 0.5) is 0 Å². The Bertz CT molecular complexity index is 795. The van der Waals surface area contributed by atoms with Crippen LogP contribution in [-0.2, 0) is 17.6 Å². The van der Waals surface area contributed by atoms with E-state index in [0.29, 0.717) is 6.54 Å². The smallest absolute Gasteiger partial charge is 0.255 e. The zero-order chi connectivity index (χ0) is 17.4. The molecular weight excluding hydrogens is 352 g/mol. The van der Waals surface area contributed by atoms with E-state index in [0.717, 1.165) is 42.7 Å². The van der Waals surface area contributed by atoms with Gasteiger partial charge in [-0.05, 0) is 54.1 Å².